The van der Waals surface area contributed by atoms with Crippen molar-refractivity contribution >= 4 is 23.1 Å². The van der Waals surface area contributed by atoms with Crippen LogP contribution in [0.25, 0.3) is 11.2 Å². The van der Waals surface area contributed by atoms with Crippen LogP contribution >= 0.6 is 0 Å². The molecular formula is C21H25F3N6O3. The molecule has 3 aromatic rings. The van der Waals surface area contributed by atoms with Gasteiger partial charge in [0.05, 0.1) is 6.54 Å². The van der Waals surface area contributed by atoms with Crippen LogP contribution in [-0.2, 0) is 18.4 Å². The fraction of sp³-hybridized carbons (Fsp3) is 0.429. The van der Waals surface area contributed by atoms with E-state index in [4.69, 9.17) is 20.6 Å². The molecule has 1 fully saturated rings. The SMILES string of the molecule is Cc1nc2nc(N3CCCC(N)C3)n(Cc3ccccc3)c2c(=O)n1C.O=C(O)C(F)(F)F. The number of carboxylic acid groups (broad SMARTS) is 1. The minimum Gasteiger partial charge on any atom is -0.475 e. The van der Waals surface area contributed by atoms with E-state index in [9.17, 15) is 18.0 Å². The van der Waals surface area contributed by atoms with Crippen LogP contribution in [0.3, 0.4) is 0 Å². The smallest absolute Gasteiger partial charge is 0.475 e. The Kier molecular flexibility index (Phi) is 7.06. The Balaban J connectivity index is 0.000000383. The van der Waals surface area contributed by atoms with Gasteiger partial charge in [-0.3, -0.25) is 13.9 Å². The molecular weight excluding hydrogens is 441 g/mol. The van der Waals surface area contributed by atoms with Crippen molar-refractivity contribution < 1.29 is 23.1 Å². The zero-order valence-corrected chi connectivity index (χ0v) is 18.2. The van der Waals surface area contributed by atoms with Gasteiger partial charge in [0, 0.05) is 26.2 Å². The van der Waals surface area contributed by atoms with Crippen LogP contribution in [0, 0.1) is 6.92 Å². The van der Waals surface area contributed by atoms with E-state index in [1.54, 1.807) is 11.6 Å². The highest BCUT2D eigenvalue weighted by Gasteiger charge is 2.38. The van der Waals surface area contributed by atoms with Crippen LogP contribution in [0.4, 0.5) is 19.1 Å². The van der Waals surface area contributed by atoms with Crippen LogP contribution in [0.5, 0.6) is 0 Å². The molecule has 0 spiro atoms. The number of imidazole rings is 1. The van der Waals surface area contributed by atoms with Gasteiger partial charge in [-0.05, 0) is 25.3 Å². The van der Waals surface area contributed by atoms with Gasteiger partial charge < -0.3 is 15.7 Å². The molecule has 1 aromatic carbocycles. The first-order valence-corrected chi connectivity index (χ1v) is 10.3. The van der Waals surface area contributed by atoms with E-state index in [-0.39, 0.29) is 11.6 Å². The molecule has 3 heterocycles. The number of piperidine rings is 1. The molecule has 33 heavy (non-hydrogen) atoms. The lowest BCUT2D eigenvalue weighted by Crippen LogP contribution is -2.44. The fourth-order valence-corrected chi connectivity index (χ4v) is 3.60. The second kappa shape index (κ2) is 9.61. The Morgan fingerprint density at radius 1 is 1.24 bits per heavy atom. The molecule has 9 nitrogen and oxygen atoms in total. The van der Waals surface area contributed by atoms with Crippen LogP contribution in [0.1, 0.15) is 24.2 Å². The van der Waals surface area contributed by atoms with Gasteiger partial charge in [-0.1, -0.05) is 30.3 Å². The van der Waals surface area contributed by atoms with E-state index >= 15 is 0 Å². The molecule has 1 unspecified atom stereocenters. The van der Waals surface area contributed by atoms with Gasteiger partial charge in [0.15, 0.2) is 11.2 Å². The average Bonchev–Trinajstić information content (AvgIpc) is 3.10. The molecule has 0 saturated carbocycles. The Morgan fingerprint density at radius 2 is 1.88 bits per heavy atom. The molecule has 2 aromatic heterocycles. The number of carboxylic acids is 1. The predicted molar refractivity (Wildman–Crippen MR) is 116 cm³/mol. The maximum absolute atomic E-state index is 12.9. The number of halogens is 3. The first-order chi connectivity index (χ1) is 15.5. The number of carbonyl (C=O) groups is 1. The van der Waals surface area contributed by atoms with E-state index in [1.165, 1.54) is 0 Å². The third-order valence-electron chi connectivity index (χ3n) is 5.36. The van der Waals surface area contributed by atoms with Crippen molar-refractivity contribution in [3.05, 3.63) is 52.1 Å². The number of benzene rings is 1. The molecule has 1 atom stereocenters. The number of anilines is 1. The van der Waals surface area contributed by atoms with Crippen molar-refractivity contribution in [3.8, 4) is 0 Å². The first kappa shape index (κ1) is 24.2. The minimum absolute atomic E-state index is 0.0662. The maximum Gasteiger partial charge on any atom is 0.490 e. The minimum atomic E-state index is -5.08. The maximum atomic E-state index is 12.9. The summed E-state index contributed by atoms with van der Waals surface area (Å²) in [4.78, 5) is 33.3. The summed E-state index contributed by atoms with van der Waals surface area (Å²) >= 11 is 0. The molecule has 12 heteroatoms. The number of hydrogen-bond donors (Lipinski definition) is 2. The first-order valence-electron chi connectivity index (χ1n) is 10.3. The standard InChI is InChI=1S/C19H24N6O.C2HF3O2/c1-13-21-17-16(18(26)23(13)2)25(11-14-7-4-3-5-8-14)19(22-17)24-10-6-9-15(20)12-24;3-2(4,5)1(6)7/h3-5,7-8,15H,6,9-12,20H2,1-2H3;(H,6,7). The summed E-state index contributed by atoms with van der Waals surface area (Å²) in [6.45, 7) is 4.05. The largest absolute Gasteiger partial charge is 0.490 e. The molecule has 0 amide bonds. The second-order valence-corrected chi connectivity index (χ2v) is 7.83. The molecule has 1 aliphatic rings. The highest BCUT2D eigenvalue weighted by molar-refractivity contribution is 5.74. The van der Waals surface area contributed by atoms with Gasteiger partial charge in [-0.2, -0.15) is 18.2 Å². The predicted octanol–water partition coefficient (Wildman–Crippen LogP) is 2.05. The third-order valence-corrected chi connectivity index (χ3v) is 5.36. The lowest BCUT2D eigenvalue weighted by molar-refractivity contribution is -0.192. The molecule has 1 saturated heterocycles. The number of nitrogens with two attached hydrogens (primary N) is 1. The lowest BCUT2D eigenvalue weighted by atomic mass is 10.1. The van der Waals surface area contributed by atoms with Gasteiger partial charge in [-0.15, -0.1) is 0 Å². The Morgan fingerprint density at radius 3 is 2.45 bits per heavy atom. The van der Waals surface area contributed by atoms with Crippen LogP contribution in [0.15, 0.2) is 35.1 Å². The average molecular weight is 466 g/mol. The van der Waals surface area contributed by atoms with Gasteiger partial charge in [0.1, 0.15) is 5.82 Å². The highest BCUT2D eigenvalue weighted by atomic mass is 19.4. The van der Waals surface area contributed by atoms with Gasteiger partial charge in [-0.25, -0.2) is 9.78 Å². The van der Waals surface area contributed by atoms with Crippen molar-refractivity contribution in [2.45, 2.75) is 38.5 Å². The van der Waals surface area contributed by atoms with E-state index in [0.717, 1.165) is 37.4 Å². The quantitative estimate of drug-likeness (QED) is 0.606. The lowest BCUT2D eigenvalue weighted by Gasteiger charge is -2.31. The van der Waals surface area contributed by atoms with E-state index < -0.39 is 12.1 Å². The topological polar surface area (TPSA) is 119 Å². The fourth-order valence-electron chi connectivity index (χ4n) is 3.60. The summed E-state index contributed by atoms with van der Waals surface area (Å²) in [7, 11) is 1.75. The van der Waals surface area contributed by atoms with Crippen molar-refractivity contribution in [3.63, 3.8) is 0 Å². The van der Waals surface area contributed by atoms with Crippen molar-refractivity contribution in [1.82, 2.24) is 19.1 Å². The van der Waals surface area contributed by atoms with Gasteiger partial charge >= 0.3 is 12.1 Å². The second-order valence-electron chi connectivity index (χ2n) is 7.83. The van der Waals surface area contributed by atoms with Crippen molar-refractivity contribution in [2.24, 2.45) is 12.8 Å². The van der Waals surface area contributed by atoms with E-state index in [2.05, 4.69) is 22.0 Å². The number of aryl methyl sites for hydroxylation is 1. The number of nitrogens with zero attached hydrogens (tertiary/aromatic N) is 5. The summed E-state index contributed by atoms with van der Waals surface area (Å²) < 4.78 is 35.3. The Labute approximate surface area is 187 Å². The van der Waals surface area contributed by atoms with E-state index in [0.29, 0.717) is 23.5 Å². The third kappa shape index (κ3) is 5.51. The van der Waals surface area contributed by atoms with Crippen LogP contribution in [0.2, 0.25) is 0 Å². The highest BCUT2D eigenvalue weighted by Crippen LogP contribution is 2.24. The molecule has 4 rings (SSSR count). The summed E-state index contributed by atoms with van der Waals surface area (Å²) in [6.07, 6.45) is -3.03. The summed E-state index contributed by atoms with van der Waals surface area (Å²) in [6, 6.07) is 10.3. The molecule has 0 aliphatic carbocycles. The number of hydrogen-bond acceptors (Lipinski definition) is 6. The summed E-state index contributed by atoms with van der Waals surface area (Å²) in [5.41, 5.74) is 8.30. The zero-order chi connectivity index (χ0) is 24.3. The molecule has 1 aliphatic heterocycles. The van der Waals surface area contributed by atoms with E-state index in [1.807, 2.05) is 29.7 Å². The van der Waals surface area contributed by atoms with Crippen molar-refractivity contribution in [2.75, 3.05) is 18.0 Å². The molecule has 178 valence electrons. The van der Waals surface area contributed by atoms with Crippen LogP contribution in [-0.4, -0.2) is 55.5 Å². The zero-order valence-electron chi connectivity index (χ0n) is 18.2. The number of aromatic nitrogens is 4. The van der Waals surface area contributed by atoms with Gasteiger partial charge in [0.2, 0.25) is 5.95 Å². The number of fused-ring (bicyclic) bond motifs is 1. The summed E-state index contributed by atoms with van der Waals surface area (Å²) in [5, 5.41) is 7.12. The Hall–Kier alpha value is -3.41. The molecule has 0 bridgehead atoms. The normalized spacial score (nSPS) is 16.4. The number of alkyl halides is 3. The molecule has 3 N–H and O–H groups in total. The molecule has 0 radical (unpaired) electrons. The van der Waals surface area contributed by atoms with Crippen molar-refractivity contribution in [1.29, 1.82) is 0 Å². The monoisotopic (exact) mass is 466 g/mol. The number of aliphatic carboxylic acids is 1. The Bertz CT molecular complexity index is 1190. The summed E-state index contributed by atoms with van der Waals surface area (Å²) in [5.74, 6) is -1.31. The van der Waals surface area contributed by atoms with Gasteiger partial charge in [0.25, 0.3) is 5.56 Å². The number of rotatable bonds is 3. The van der Waals surface area contributed by atoms with Crippen LogP contribution < -0.4 is 16.2 Å².